The molecule has 0 spiro atoms. The third-order valence-corrected chi connectivity index (χ3v) is 4.29. The van der Waals surface area contributed by atoms with Gasteiger partial charge in [-0.3, -0.25) is 10.1 Å². The second kappa shape index (κ2) is 5.63. The topological polar surface area (TPSA) is 42.0 Å². The highest BCUT2D eigenvalue weighted by Crippen LogP contribution is 2.28. The molecular weight excluding hydrogens is 331 g/mol. The molecule has 0 atom stereocenters. The summed E-state index contributed by atoms with van der Waals surface area (Å²) in [4.78, 5) is 16.5. The average Bonchev–Trinajstić information content (AvgIpc) is 2.83. The first-order valence-corrected chi connectivity index (χ1v) is 7.53. The highest BCUT2D eigenvalue weighted by Gasteiger charge is 2.11. The fourth-order valence-electron chi connectivity index (χ4n) is 1.78. The lowest BCUT2D eigenvalue weighted by molar-refractivity contribution is 0.102. The van der Waals surface area contributed by atoms with E-state index in [1.165, 1.54) is 29.5 Å². The van der Waals surface area contributed by atoms with Crippen molar-refractivity contribution in [3.05, 3.63) is 52.8 Å². The van der Waals surface area contributed by atoms with Crippen molar-refractivity contribution < 1.29 is 9.18 Å². The molecule has 0 aliphatic carbocycles. The van der Waals surface area contributed by atoms with E-state index in [-0.39, 0.29) is 10.8 Å². The van der Waals surface area contributed by atoms with Crippen LogP contribution in [0, 0.1) is 5.82 Å². The normalized spacial score (nSPS) is 10.8. The zero-order valence-electron chi connectivity index (χ0n) is 10.4. The minimum atomic E-state index is -0.468. The molecule has 0 saturated heterocycles. The third-order valence-electron chi connectivity index (χ3n) is 2.78. The Hall–Kier alpha value is -1.63. The number of nitrogens with one attached hydrogen (secondary N) is 1. The van der Waals surface area contributed by atoms with Crippen LogP contribution in [0.5, 0.6) is 0 Å². The van der Waals surface area contributed by atoms with Crippen LogP contribution in [-0.2, 0) is 0 Å². The Morgan fingerprint density at radius 1 is 1.29 bits per heavy atom. The lowest BCUT2D eigenvalue weighted by Gasteiger charge is -2.02. The minimum Gasteiger partial charge on any atom is -0.298 e. The van der Waals surface area contributed by atoms with E-state index in [1.54, 1.807) is 18.2 Å². The summed E-state index contributed by atoms with van der Waals surface area (Å²) in [5.74, 6) is -0.833. The first kappa shape index (κ1) is 14.3. The van der Waals surface area contributed by atoms with E-state index in [9.17, 15) is 9.18 Å². The van der Waals surface area contributed by atoms with Gasteiger partial charge < -0.3 is 0 Å². The van der Waals surface area contributed by atoms with E-state index >= 15 is 0 Å². The Kier molecular flexibility index (Phi) is 3.84. The van der Waals surface area contributed by atoms with Crippen molar-refractivity contribution in [2.24, 2.45) is 0 Å². The minimum absolute atomic E-state index is 0.124. The summed E-state index contributed by atoms with van der Waals surface area (Å²) in [6.07, 6.45) is 0. The zero-order chi connectivity index (χ0) is 15.0. The number of thiazole rings is 1. The molecule has 106 valence electrons. The second-order valence-electron chi connectivity index (χ2n) is 4.25. The van der Waals surface area contributed by atoms with Crippen molar-refractivity contribution in [3.8, 4) is 0 Å². The molecule has 3 rings (SSSR count). The molecule has 21 heavy (non-hydrogen) atoms. The van der Waals surface area contributed by atoms with Gasteiger partial charge in [0.15, 0.2) is 5.13 Å². The fraction of sp³-hybridized carbons (Fsp3) is 0. The van der Waals surface area contributed by atoms with Gasteiger partial charge in [-0.25, -0.2) is 9.37 Å². The third kappa shape index (κ3) is 3.02. The number of hydrogen-bond acceptors (Lipinski definition) is 4. The van der Waals surface area contributed by atoms with E-state index in [1.807, 2.05) is 0 Å². The van der Waals surface area contributed by atoms with Gasteiger partial charge in [0.05, 0.1) is 10.2 Å². The molecule has 7 heteroatoms. The van der Waals surface area contributed by atoms with E-state index in [0.717, 1.165) is 10.2 Å². The Morgan fingerprint density at radius 2 is 2.10 bits per heavy atom. The van der Waals surface area contributed by atoms with Crippen LogP contribution in [-0.4, -0.2) is 10.9 Å². The molecule has 0 aliphatic rings. The van der Waals surface area contributed by atoms with Gasteiger partial charge in [-0.1, -0.05) is 22.9 Å². The van der Waals surface area contributed by atoms with Gasteiger partial charge in [0.2, 0.25) is 0 Å². The van der Waals surface area contributed by atoms with Gasteiger partial charge in [0, 0.05) is 15.5 Å². The molecule has 0 radical (unpaired) electrons. The molecule has 0 fully saturated rings. The molecule has 0 unspecified atom stereocenters. The Bertz CT molecular complexity index is 850. The van der Waals surface area contributed by atoms with Gasteiger partial charge in [-0.2, -0.15) is 0 Å². The molecule has 1 heterocycles. The number of amides is 1. The van der Waals surface area contributed by atoms with Crippen LogP contribution in [0.2, 0.25) is 5.02 Å². The van der Waals surface area contributed by atoms with Crippen molar-refractivity contribution in [1.29, 1.82) is 0 Å². The SMILES string of the molecule is O=C(Nc1nc2ccc(Cl)cc2s1)c1ccc(F)c(S)c1. The number of carbonyl (C=O) groups is 1. The van der Waals surface area contributed by atoms with Crippen molar-refractivity contribution in [3.63, 3.8) is 0 Å². The van der Waals surface area contributed by atoms with Gasteiger partial charge >= 0.3 is 0 Å². The highest BCUT2D eigenvalue weighted by molar-refractivity contribution is 7.80. The van der Waals surface area contributed by atoms with Gasteiger partial charge in [-0.05, 0) is 36.4 Å². The number of rotatable bonds is 2. The smallest absolute Gasteiger partial charge is 0.257 e. The number of carbonyl (C=O) groups excluding carboxylic acids is 1. The number of halogens is 2. The Morgan fingerprint density at radius 3 is 2.86 bits per heavy atom. The number of thiol groups is 1. The van der Waals surface area contributed by atoms with Crippen molar-refractivity contribution >= 4 is 56.8 Å². The number of anilines is 1. The first-order chi connectivity index (χ1) is 10.0. The number of nitrogens with zero attached hydrogens (tertiary/aromatic N) is 1. The average molecular weight is 339 g/mol. The monoisotopic (exact) mass is 338 g/mol. The van der Waals surface area contributed by atoms with Crippen molar-refractivity contribution in [2.45, 2.75) is 4.90 Å². The van der Waals surface area contributed by atoms with Crippen LogP contribution in [0.1, 0.15) is 10.4 Å². The molecular formula is C14H8ClFN2OS2. The number of hydrogen-bond donors (Lipinski definition) is 2. The first-order valence-electron chi connectivity index (χ1n) is 5.89. The summed E-state index contributed by atoms with van der Waals surface area (Å²) in [7, 11) is 0. The summed E-state index contributed by atoms with van der Waals surface area (Å²) in [5.41, 5.74) is 1.08. The van der Waals surface area contributed by atoms with Gasteiger partial charge in [-0.15, -0.1) is 12.6 Å². The van der Waals surface area contributed by atoms with Crippen LogP contribution in [0.3, 0.4) is 0 Å². The Labute approximate surface area is 134 Å². The maximum absolute atomic E-state index is 13.1. The quantitative estimate of drug-likeness (QED) is 0.669. The van der Waals surface area contributed by atoms with Crippen LogP contribution >= 0.6 is 35.6 Å². The van der Waals surface area contributed by atoms with E-state index in [2.05, 4.69) is 22.9 Å². The molecule has 0 aliphatic heterocycles. The maximum Gasteiger partial charge on any atom is 0.257 e. The summed E-state index contributed by atoms with van der Waals surface area (Å²) in [6.45, 7) is 0. The number of aromatic nitrogens is 1. The standard InChI is InChI=1S/C14H8ClFN2OS2/c15-8-2-4-10-12(6-8)21-14(17-10)18-13(19)7-1-3-9(16)11(20)5-7/h1-6,20H,(H,17,18,19). The molecule has 2 aromatic carbocycles. The number of benzene rings is 2. The predicted molar refractivity (Wildman–Crippen MR) is 86.2 cm³/mol. The van der Waals surface area contributed by atoms with Gasteiger partial charge in [0.25, 0.3) is 5.91 Å². The van der Waals surface area contributed by atoms with E-state index in [4.69, 9.17) is 11.6 Å². The zero-order valence-corrected chi connectivity index (χ0v) is 12.9. The molecule has 0 bridgehead atoms. The summed E-state index contributed by atoms with van der Waals surface area (Å²) < 4.78 is 14.0. The molecule has 3 nitrogen and oxygen atoms in total. The van der Waals surface area contributed by atoms with Crippen LogP contribution in [0.25, 0.3) is 10.2 Å². The van der Waals surface area contributed by atoms with E-state index in [0.29, 0.717) is 15.7 Å². The largest absolute Gasteiger partial charge is 0.298 e. The van der Waals surface area contributed by atoms with E-state index < -0.39 is 5.82 Å². The summed E-state index contributed by atoms with van der Waals surface area (Å²) >= 11 is 11.2. The number of fused-ring (bicyclic) bond motifs is 1. The molecule has 0 saturated carbocycles. The molecule has 1 amide bonds. The van der Waals surface area contributed by atoms with Crippen molar-refractivity contribution in [2.75, 3.05) is 5.32 Å². The molecule has 3 aromatic rings. The maximum atomic E-state index is 13.1. The second-order valence-corrected chi connectivity index (χ2v) is 6.20. The summed E-state index contributed by atoms with van der Waals surface area (Å²) in [6, 6.07) is 9.28. The highest BCUT2D eigenvalue weighted by atomic mass is 35.5. The lowest BCUT2D eigenvalue weighted by Crippen LogP contribution is -2.11. The van der Waals surface area contributed by atoms with Gasteiger partial charge in [0.1, 0.15) is 5.82 Å². The Balaban J connectivity index is 1.87. The fourth-order valence-corrected chi connectivity index (χ4v) is 3.13. The molecule has 1 N–H and O–H groups in total. The summed E-state index contributed by atoms with van der Waals surface area (Å²) in [5, 5.41) is 3.76. The predicted octanol–water partition coefficient (Wildman–Crippen LogP) is 4.63. The van der Waals surface area contributed by atoms with Crippen LogP contribution in [0.4, 0.5) is 9.52 Å². The van der Waals surface area contributed by atoms with Crippen molar-refractivity contribution in [1.82, 2.24) is 4.98 Å². The van der Waals surface area contributed by atoms with Crippen LogP contribution < -0.4 is 5.32 Å². The lowest BCUT2D eigenvalue weighted by atomic mass is 10.2. The molecule has 1 aromatic heterocycles. The van der Waals surface area contributed by atoms with Crippen LogP contribution in [0.15, 0.2) is 41.3 Å².